The van der Waals surface area contributed by atoms with Gasteiger partial charge in [-0.25, -0.2) is 9.97 Å². The van der Waals surface area contributed by atoms with Gasteiger partial charge in [0.2, 0.25) is 5.95 Å². The van der Waals surface area contributed by atoms with Crippen LogP contribution in [-0.4, -0.2) is 22.4 Å². The first kappa shape index (κ1) is 16.7. The van der Waals surface area contributed by atoms with E-state index in [1.807, 2.05) is 24.3 Å². The summed E-state index contributed by atoms with van der Waals surface area (Å²) in [6, 6.07) is 17.1. The molecular weight excluding hydrogens is 338 g/mol. The molecule has 1 amide bonds. The number of nitrogens with one attached hydrogen (secondary N) is 1. The van der Waals surface area contributed by atoms with Gasteiger partial charge < -0.3 is 10.2 Å². The number of rotatable bonds is 3. The van der Waals surface area contributed by atoms with Gasteiger partial charge in [-0.1, -0.05) is 24.3 Å². The highest BCUT2D eigenvalue weighted by Crippen LogP contribution is 2.28. The smallest absolute Gasteiger partial charge is 0.261 e. The summed E-state index contributed by atoms with van der Waals surface area (Å²) in [6.45, 7) is 0.691. The zero-order valence-electron chi connectivity index (χ0n) is 14.6. The van der Waals surface area contributed by atoms with Crippen LogP contribution in [-0.2, 0) is 6.42 Å². The fourth-order valence-electron chi connectivity index (χ4n) is 3.20. The zero-order chi connectivity index (χ0) is 18.6. The Morgan fingerprint density at radius 3 is 2.74 bits per heavy atom. The van der Waals surface area contributed by atoms with E-state index in [-0.39, 0.29) is 5.91 Å². The molecule has 0 saturated carbocycles. The third kappa shape index (κ3) is 3.48. The minimum absolute atomic E-state index is 0.0971. The Labute approximate surface area is 157 Å². The van der Waals surface area contributed by atoms with E-state index in [0.717, 1.165) is 24.2 Å². The van der Waals surface area contributed by atoms with E-state index in [1.54, 1.807) is 23.1 Å². The summed E-state index contributed by atoms with van der Waals surface area (Å²) in [4.78, 5) is 23.2. The average molecular weight is 355 g/mol. The minimum atomic E-state index is -0.0971. The molecule has 1 aliphatic heterocycles. The molecule has 0 unspecified atom stereocenters. The molecule has 0 fully saturated rings. The van der Waals surface area contributed by atoms with E-state index in [4.69, 9.17) is 5.26 Å². The van der Waals surface area contributed by atoms with Gasteiger partial charge in [0.05, 0.1) is 17.2 Å². The SMILES string of the molecule is N#Cc1cccc(Nc2ncc(C(=O)N3CCCc4ccccc43)cn2)c1. The van der Waals surface area contributed by atoms with Crippen LogP contribution in [0.25, 0.3) is 0 Å². The third-order valence-corrected chi connectivity index (χ3v) is 4.50. The molecule has 0 aliphatic carbocycles. The van der Waals surface area contributed by atoms with Crippen molar-refractivity contribution in [2.75, 3.05) is 16.8 Å². The Hall–Kier alpha value is -3.72. The number of carbonyl (C=O) groups excluding carboxylic acids is 1. The molecule has 1 N–H and O–H groups in total. The number of amides is 1. The van der Waals surface area contributed by atoms with Crippen molar-refractivity contribution >= 4 is 23.2 Å². The Bertz CT molecular complexity index is 1020. The molecule has 1 aromatic heterocycles. The topological polar surface area (TPSA) is 81.9 Å². The van der Waals surface area contributed by atoms with Gasteiger partial charge in [0, 0.05) is 30.3 Å². The maximum atomic E-state index is 12.9. The van der Waals surface area contributed by atoms with Crippen LogP contribution in [0.4, 0.5) is 17.3 Å². The standard InChI is InChI=1S/C21H17N5O/c22-12-15-5-3-8-18(11-15)25-21-23-13-17(14-24-21)20(27)26-10-4-7-16-6-1-2-9-19(16)26/h1-3,5-6,8-9,11,13-14H,4,7,10H2,(H,23,24,25). The molecule has 6 nitrogen and oxygen atoms in total. The van der Waals surface area contributed by atoms with Gasteiger partial charge in [-0.3, -0.25) is 4.79 Å². The number of hydrogen-bond donors (Lipinski definition) is 1. The predicted octanol–water partition coefficient (Wildman–Crippen LogP) is 3.68. The number of fused-ring (bicyclic) bond motifs is 1. The molecule has 0 atom stereocenters. The summed E-state index contributed by atoms with van der Waals surface area (Å²) in [5.41, 5.74) is 3.87. The van der Waals surface area contributed by atoms with Gasteiger partial charge in [0.25, 0.3) is 5.91 Å². The van der Waals surface area contributed by atoms with E-state index >= 15 is 0 Å². The van der Waals surface area contributed by atoms with Crippen molar-refractivity contribution in [3.63, 3.8) is 0 Å². The molecule has 27 heavy (non-hydrogen) atoms. The first-order valence-corrected chi connectivity index (χ1v) is 8.73. The summed E-state index contributed by atoms with van der Waals surface area (Å²) in [7, 11) is 0. The number of aromatic nitrogens is 2. The molecular formula is C21H17N5O. The molecule has 0 radical (unpaired) electrons. The summed E-state index contributed by atoms with van der Waals surface area (Å²) in [6.07, 6.45) is 4.99. The average Bonchev–Trinajstić information content (AvgIpc) is 2.73. The van der Waals surface area contributed by atoms with Crippen LogP contribution in [0.2, 0.25) is 0 Å². The summed E-state index contributed by atoms with van der Waals surface area (Å²) in [5, 5.41) is 12.0. The molecule has 0 bridgehead atoms. The van der Waals surface area contributed by atoms with Crippen LogP contribution < -0.4 is 10.2 Å². The molecule has 132 valence electrons. The lowest BCUT2D eigenvalue weighted by molar-refractivity contribution is 0.0984. The largest absolute Gasteiger partial charge is 0.324 e. The molecule has 6 heteroatoms. The van der Waals surface area contributed by atoms with E-state index in [0.29, 0.717) is 23.6 Å². The van der Waals surface area contributed by atoms with Crippen molar-refractivity contribution in [3.05, 3.63) is 77.6 Å². The van der Waals surface area contributed by atoms with E-state index < -0.39 is 0 Å². The number of benzene rings is 2. The van der Waals surface area contributed by atoms with Crippen molar-refractivity contribution < 1.29 is 4.79 Å². The second-order valence-corrected chi connectivity index (χ2v) is 6.30. The van der Waals surface area contributed by atoms with Crippen molar-refractivity contribution in [1.82, 2.24) is 9.97 Å². The molecule has 3 aromatic rings. The van der Waals surface area contributed by atoms with Crippen LogP contribution in [0.3, 0.4) is 0 Å². The Morgan fingerprint density at radius 2 is 1.93 bits per heavy atom. The predicted molar refractivity (Wildman–Crippen MR) is 103 cm³/mol. The fourth-order valence-corrected chi connectivity index (χ4v) is 3.20. The highest BCUT2D eigenvalue weighted by molar-refractivity contribution is 6.06. The molecule has 2 heterocycles. The number of anilines is 3. The second-order valence-electron chi connectivity index (χ2n) is 6.30. The van der Waals surface area contributed by atoms with Crippen LogP contribution in [0, 0.1) is 11.3 Å². The van der Waals surface area contributed by atoms with Crippen molar-refractivity contribution in [2.45, 2.75) is 12.8 Å². The zero-order valence-corrected chi connectivity index (χ0v) is 14.6. The minimum Gasteiger partial charge on any atom is -0.324 e. The van der Waals surface area contributed by atoms with Crippen LogP contribution >= 0.6 is 0 Å². The fraction of sp³-hybridized carbons (Fsp3) is 0.143. The molecule has 1 aliphatic rings. The number of hydrogen-bond acceptors (Lipinski definition) is 5. The van der Waals surface area contributed by atoms with Gasteiger partial charge in [-0.2, -0.15) is 5.26 Å². The Balaban J connectivity index is 1.52. The Kier molecular flexibility index (Phi) is 4.50. The monoisotopic (exact) mass is 355 g/mol. The van der Waals surface area contributed by atoms with E-state index in [1.165, 1.54) is 18.0 Å². The lowest BCUT2D eigenvalue weighted by atomic mass is 10.0. The molecule has 2 aromatic carbocycles. The second kappa shape index (κ2) is 7.26. The maximum absolute atomic E-state index is 12.9. The van der Waals surface area contributed by atoms with Gasteiger partial charge >= 0.3 is 0 Å². The van der Waals surface area contributed by atoms with Gasteiger partial charge in [0.15, 0.2) is 0 Å². The van der Waals surface area contributed by atoms with Crippen LogP contribution in [0.5, 0.6) is 0 Å². The highest BCUT2D eigenvalue weighted by Gasteiger charge is 2.23. The lowest BCUT2D eigenvalue weighted by Gasteiger charge is -2.29. The normalized spacial score (nSPS) is 12.8. The lowest BCUT2D eigenvalue weighted by Crippen LogP contribution is -2.35. The number of nitriles is 1. The first-order chi connectivity index (χ1) is 13.2. The van der Waals surface area contributed by atoms with E-state index in [2.05, 4.69) is 27.4 Å². The highest BCUT2D eigenvalue weighted by atomic mass is 16.2. The first-order valence-electron chi connectivity index (χ1n) is 8.73. The van der Waals surface area contributed by atoms with Crippen molar-refractivity contribution in [2.24, 2.45) is 0 Å². The quantitative estimate of drug-likeness (QED) is 0.775. The summed E-state index contributed by atoms with van der Waals surface area (Å²) < 4.78 is 0. The summed E-state index contributed by atoms with van der Waals surface area (Å²) in [5.74, 6) is 0.279. The molecule has 0 saturated heterocycles. The number of carbonyl (C=O) groups is 1. The van der Waals surface area contributed by atoms with Crippen molar-refractivity contribution in [3.8, 4) is 6.07 Å². The molecule has 0 spiro atoms. The van der Waals surface area contributed by atoms with Gasteiger partial charge in [-0.15, -0.1) is 0 Å². The van der Waals surface area contributed by atoms with Crippen LogP contribution in [0.15, 0.2) is 60.9 Å². The van der Waals surface area contributed by atoms with Crippen molar-refractivity contribution in [1.29, 1.82) is 5.26 Å². The van der Waals surface area contributed by atoms with Gasteiger partial charge in [-0.05, 0) is 42.7 Å². The van der Waals surface area contributed by atoms with E-state index in [9.17, 15) is 4.79 Å². The van der Waals surface area contributed by atoms with Gasteiger partial charge in [0.1, 0.15) is 0 Å². The number of para-hydroxylation sites is 1. The Morgan fingerprint density at radius 1 is 1.11 bits per heavy atom. The van der Waals surface area contributed by atoms with Crippen LogP contribution in [0.1, 0.15) is 27.9 Å². The maximum Gasteiger partial charge on any atom is 0.261 e. The third-order valence-electron chi connectivity index (χ3n) is 4.50. The number of aryl methyl sites for hydroxylation is 1. The molecule has 4 rings (SSSR count). The summed E-state index contributed by atoms with van der Waals surface area (Å²) >= 11 is 0. The number of nitrogens with zero attached hydrogens (tertiary/aromatic N) is 4.